The molecular formula is C15H20ClNO2. The number of halogens is 1. The molecule has 19 heavy (non-hydrogen) atoms. The van der Waals surface area contributed by atoms with Crippen molar-refractivity contribution < 1.29 is 9.90 Å². The second kappa shape index (κ2) is 6.40. The van der Waals surface area contributed by atoms with Gasteiger partial charge in [-0.2, -0.15) is 0 Å². The molecule has 0 aliphatic heterocycles. The van der Waals surface area contributed by atoms with Crippen LogP contribution < -0.4 is 5.32 Å². The number of carbonyl (C=O) groups excluding carboxylic acids is 1. The summed E-state index contributed by atoms with van der Waals surface area (Å²) in [5, 5.41) is 12.4. The van der Waals surface area contributed by atoms with Crippen molar-refractivity contribution in [1.82, 2.24) is 5.32 Å². The molecule has 0 atom stereocenters. The van der Waals surface area contributed by atoms with E-state index in [0.29, 0.717) is 18.0 Å². The molecular weight excluding hydrogens is 262 g/mol. The molecule has 2 N–H and O–H groups in total. The predicted octanol–water partition coefficient (Wildman–Crippen LogP) is 2.65. The summed E-state index contributed by atoms with van der Waals surface area (Å²) in [6.07, 6.45) is 4.48. The van der Waals surface area contributed by atoms with Crippen LogP contribution in [-0.4, -0.2) is 24.2 Å². The lowest BCUT2D eigenvalue weighted by atomic mass is 9.78. The van der Waals surface area contributed by atoms with E-state index < -0.39 is 5.41 Å². The van der Waals surface area contributed by atoms with E-state index >= 15 is 0 Å². The summed E-state index contributed by atoms with van der Waals surface area (Å²) in [5.41, 5.74) is 0.583. The van der Waals surface area contributed by atoms with Crippen molar-refractivity contribution in [2.24, 2.45) is 0 Å². The van der Waals surface area contributed by atoms with Gasteiger partial charge in [0.2, 0.25) is 5.91 Å². The van der Waals surface area contributed by atoms with Crippen LogP contribution in [0.1, 0.15) is 37.7 Å². The van der Waals surface area contributed by atoms with Crippen LogP contribution in [0.3, 0.4) is 0 Å². The van der Waals surface area contributed by atoms with E-state index in [1.54, 1.807) is 0 Å². The van der Waals surface area contributed by atoms with E-state index in [-0.39, 0.29) is 12.5 Å². The molecule has 1 aliphatic carbocycles. The van der Waals surface area contributed by atoms with Crippen LogP contribution in [0.25, 0.3) is 0 Å². The number of nitrogens with one attached hydrogen (secondary N) is 1. The monoisotopic (exact) mass is 281 g/mol. The average molecular weight is 282 g/mol. The standard InChI is InChI=1S/C15H20ClNO2/c16-13-6-3-5-12(11-13)15(7-1-2-8-15)14(19)17-9-4-10-18/h3,5-6,11,18H,1-2,4,7-10H2,(H,17,19). The number of amides is 1. The van der Waals surface area contributed by atoms with Gasteiger partial charge in [0, 0.05) is 18.2 Å². The zero-order valence-electron chi connectivity index (χ0n) is 11.0. The third-order valence-electron chi connectivity index (χ3n) is 3.89. The van der Waals surface area contributed by atoms with Crippen LogP contribution in [0, 0.1) is 0 Å². The molecule has 1 aromatic carbocycles. The number of rotatable bonds is 5. The highest BCUT2D eigenvalue weighted by atomic mass is 35.5. The van der Waals surface area contributed by atoms with Crippen LogP contribution in [0.5, 0.6) is 0 Å². The molecule has 1 saturated carbocycles. The van der Waals surface area contributed by atoms with Gasteiger partial charge in [0.1, 0.15) is 0 Å². The number of aliphatic hydroxyl groups is 1. The Hall–Kier alpha value is -1.06. The van der Waals surface area contributed by atoms with Gasteiger partial charge in [0.15, 0.2) is 0 Å². The third-order valence-corrected chi connectivity index (χ3v) is 4.12. The van der Waals surface area contributed by atoms with Gasteiger partial charge in [-0.05, 0) is 37.0 Å². The molecule has 4 heteroatoms. The quantitative estimate of drug-likeness (QED) is 0.815. The predicted molar refractivity (Wildman–Crippen MR) is 76.3 cm³/mol. The Kier molecular flexibility index (Phi) is 4.83. The van der Waals surface area contributed by atoms with Gasteiger partial charge < -0.3 is 10.4 Å². The lowest BCUT2D eigenvalue weighted by Crippen LogP contribution is -2.43. The Bertz CT molecular complexity index is 442. The number of carbonyl (C=O) groups is 1. The minimum atomic E-state index is -0.430. The highest BCUT2D eigenvalue weighted by Gasteiger charge is 2.42. The van der Waals surface area contributed by atoms with Crippen molar-refractivity contribution in [1.29, 1.82) is 0 Å². The molecule has 1 amide bonds. The summed E-state index contributed by atoms with van der Waals surface area (Å²) in [6.45, 7) is 0.627. The normalized spacial score (nSPS) is 17.4. The Morgan fingerprint density at radius 3 is 2.74 bits per heavy atom. The van der Waals surface area contributed by atoms with Gasteiger partial charge >= 0.3 is 0 Å². The summed E-state index contributed by atoms with van der Waals surface area (Å²) >= 11 is 6.05. The van der Waals surface area contributed by atoms with Crippen molar-refractivity contribution in [2.45, 2.75) is 37.5 Å². The Balaban J connectivity index is 2.20. The van der Waals surface area contributed by atoms with Gasteiger partial charge in [-0.1, -0.05) is 36.6 Å². The largest absolute Gasteiger partial charge is 0.396 e. The first kappa shape index (κ1) is 14.4. The SMILES string of the molecule is O=C(NCCCO)C1(c2cccc(Cl)c2)CCCC1. The van der Waals surface area contributed by atoms with Crippen molar-refractivity contribution in [3.05, 3.63) is 34.9 Å². The maximum Gasteiger partial charge on any atom is 0.230 e. The Labute approximate surface area is 119 Å². The molecule has 0 heterocycles. The fraction of sp³-hybridized carbons (Fsp3) is 0.533. The van der Waals surface area contributed by atoms with E-state index in [9.17, 15) is 4.79 Å². The topological polar surface area (TPSA) is 49.3 Å². The highest BCUT2D eigenvalue weighted by molar-refractivity contribution is 6.30. The fourth-order valence-electron chi connectivity index (χ4n) is 2.86. The van der Waals surface area contributed by atoms with Gasteiger partial charge in [-0.25, -0.2) is 0 Å². The summed E-state index contributed by atoms with van der Waals surface area (Å²) in [7, 11) is 0. The summed E-state index contributed by atoms with van der Waals surface area (Å²) in [4.78, 5) is 12.5. The minimum absolute atomic E-state index is 0.0701. The van der Waals surface area contributed by atoms with E-state index in [1.807, 2.05) is 24.3 Å². The lowest BCUT2D eigenvalue weighted by molar-refractivity contribution is -0.126. The van der Waals surface area contributed by atoms with Crippen LogP contribution in [0.15, 0.2) is 24.3 Å². The average Bonchev–Trinajstić information content (AvgIpc) is 2.89. The molecule has 2 rings (SSSR count). The first-order valence-corrected chi connectivity index (χ1v) is 7.22. The Morgan fingerprint density at radius 2 is 2.11 bits per heavy atom. The molecule has 0 bridgehead atoms. The number of benzene rings is 1. The molecule has 1 aliphatic rings. The van der Waals surface area contributed by atoms with Crippen LogP contribution in [-0.2, 0) is 10.2 Å². The van der Waals surface area contributed by atoms with Gasteiger partial charge in [-0.3, -0.25) is 4.79 Å². The van der Waals surface area contributed by atoms with Crippen molar-refractivity contribution in [3.63, 3.8) is 0 Å². The zero-order chi connectivity index (χ0) is 13.7. The first-order valence-electron chi connectivity index (χ1n) is 6.84. The number of hydrogen-bond acceptors (Lipinski definition) is 2. The van der Waals surface area contributed by atoms with Crippen molar-refractivity contribution >= 4 is 17.5 Å². The summed E-state index contributed by atoms with van der Waals surface area (Å²) in [5.74, 6) is 0.0701. The molecule has 0 aromatic heterocycles. The van der Waals surface area contributed by atoms with E-state index in [2.05, 4.69) is 5.32 Å². The van der Waals surface area contributed by atoms with E-state index in [4.69, 9.17) is 16.7 Å². The molecule has 0 spiro atoms. The molecule has 0 unspecified atom stereocenters. The highest BCUT2D eigenvalue weighted by Crippen LogP contribution is 2.41. The maximum atomic E-state index is 12.5. The van der Waals surface area contributed by atoms with Crippen LogP contribution in [0.4, 0.5) is 0 Å². The molecule has 104 valence electrons. The maximum absolute atomic E-state index is 12.5. The smallest absolute Gasteiger partial charge is 0.230 e. The van der Waals surface area contributed by atoms with Crippen molar-refractivity contribution in [2.75, 3.05) is 13.2 Å². The third kappa shape index (κ3) is 3.10. The molecule has 1 aromatic rings. The fourth-order valence-corrected chi connectivity index (χ4v) is 3.05. The lowest BCUT2D eigenvalue weighted by Gasteiger charge is -2.28. The van der Waals surface area contributed by atoms with E-state index in [0.717, 1.165) is 31.2 Å². The van der Waals surface area contributed by atoms with Gasteiger partial charge in [0.25, 0.3) is 0 Å². The molecule has 1 fully saturated rings. The van der Waals surface area contributed by atoms with Crippen molar-refractivity contribution in [3.8, 4) is 0 Å². The summed E-state index contributed by atoms with van der Waals surface area (Å²) in [6, 6.07) is 7.62. The minimum Gasteiger partial charge on any atom is -0.396 e. The van der Waals surface area contributed by atoms with Crippen LogP contribution in [0.2, 0.25) is 5.02 Å². The first-order chi connectivity index (χ1) is 9.19. The Morgan fingerprint density at radius 1 is 1.37 bits per heavy atom. The van der Waals surface area contributed by atoms with Gasteiger partial charge in [0.05, 0.1) is 5.41 Å². The second-order valence-corrected chi connectivity index (χ2v) is 5.57. The summed E-state index contributed by atoms with van der Waals surface area (Å²) < 4.78 is 0. The number of hydrogen-bond donors (Lipinski definition) is 2. The van der Waals surface area contributed by atoms with Crippen LogP contribution >= 0.6 is 11.6 Å². The molecule has 0 radical (unpaired) electrons. The van der Waals surface area contributed by atoms with Gasteiger partial charge in [-0.15, -0.1) is 0 Å². The van der Waals surface area contributed by atoms with E-state index in [1.165, 1.54) is 0 Å². The second-order valence-electron chi connectivity index (χ2n) is 5.13. The number of aliphatic hydroxyl groups excluding tert-OH is 1. The molecule has 3 nitrogen and oxygen atoms in total. The zero-order valence-corrected chi connectivity index (χ0v) is 11.7. The molecule has 0 saturated heterocycles.